The third-order valence-electron chi connectivity index (χ3n) is 2.97. The molecule has 0 atom stereocenters. The van der Waals surface area contributed by atoms with E-state index in [0.717, 1.165) is 7.11 Å². The van der Waals surface area contributed by atoms with E-state index in [1.54, 1.807) is 6.92 Å². The Balaban J connectivity index is 2.64. The summed E-state index contributed by atoms with van der Waals surface area (Å²) in [7, 11) is -2.47. The van der Waals surface area contributed by atoms with Crippen LogP contribution in [-0.4, -0.2) is 27.2 Å². The van der Waals surface area contributed by atoms with Crippen molar-refractivity contribution in [3.63, 3.8) is 0 Å². The van der Waals surface area contributed by atoms with Crippen LogP contribution in [0, 0.1) is 5.41 Å². The fraction of sp³-hybridized carbons (Fsp3) is 1.00. The highest BCUT2D eigenvalue weighted by Gasteiger charge is 2.42. The van der Waals surface area contributed by atoms with Crippen molar-refractivity contribution in [2.24, 2.45) is 5.41 Å². The zero-order valence-electron chi connectivity index (χ0n) is 8.92. The van der Waals surface area contributed by atoms with Gasteiger partial charge in [-0.15, -0.1) is 0 Å². The first-order valence-electron chi connectivity index (χ1n) is 4.84. The average Bonchev–Trinajstić information content (AvgIpc) is 2.11. The lowest BCUT2D eigenvalue weighted by Crippen LogP contribution is -2.36. The van der Waals surface area contributed by atoms with Gasteiger partial charge in [0.15, 0.2) is 0 Å². The molecule has 0 spiro atoms. The number of rotatable bonds is 3. The van der Waals surface area contributed by atoms with Crippen LogP contribution in [0.1, 0.15) is 32.6 Å². The summed E-state index contributed by atoms with van der Waals surface area (Å²) < 4.78 is 52.6. The lowest BCUT2D eigenvalue weighted by atomic mass is 9.76. The number of alkyl halides is 2. The molecule has 0 aromatic rings. The summed E-state index contributed by atoms with van der Waals surface area (Å²) in [5, 5.41) is 0. The molecule has 1 saturated carbocycles. The van der Waals surface area contributed by atoms with Crippen molar-refractivity contribution in [3.05, 3.63) is 0 Å². The van der Waals surface area contributed by atoms with Crippen molar-refractivity contribution in [2.75, 3.05) is 12.9 Å². The molecule has 0 bridgehead atoms. The molecule has 6 heteroatoms. The summed E-state index contributed by atoms with van der Waals surface area (Å²) in [4.78, 5) is 0. The van der Waals surface area contributed by atoms with Gasteiger partial charge in [-0.2, -0.15) is 8.42 Å². The fourth-order valence-electron chi connectivity index (χ4n) is 1.85. The first-order valence-corrected chi connectivity index (χ1v) is 6.42. The Bertz CT molecular complexity index is 314. The van der Waals surface area contributed by atoms with Gasteiger partial charge < -0.3 is 0 Å². The van der Waals surface area contributed by atoms with E-state index in [0.29, 0.717) is 0 Å². The third-order valence-corrected chi connectivity index (χ3v) is 4.53. The van der Waals surface area contributed by atoms with Crippen LogP contribution in [-0.2, 0) is 14.3 Å². The SMILES string of the molecule is COS(=O)(=O)CC1(C)CCC(F)(F)CC1. The van der Waals surface area contributed by atoms with E-state index in [1.165, 1.54) is 0 Å². The number of hydrogen-bond acceptors (Lipinski definition) is 3. The van der Waals surface area contributed by atoms with E-state index < -0.39 is 21.5 Å². The molecule has 1 fully saturated rings. The third kappa shape index (κ3) is 3.68. The minimum absolute atomic E-state index is 0.174. The van der Waals surface area contributed by atoms with Gasteiger partial charge in [-0.25, -0.2) is 8.78 Å². The van der Waals surface area contributed by atoms with Gasteiger partial charge in [-0.1, -0.05) is 6.92 Å². The molecule has 1 aliphatic carbocycles. The van der Waals surface area contributed by atoms with Crippen molar-refractivity contribution in [1.82, 2.24) is 0 Å². The Morgan fingerprint density at radius 3 is 2.07 bits per heavy atom. The van der Waals surface area contributed by atoms with Crippen LogP contribution in [0.3, 0.4) is 0 Å². The smallest absolute Gasteiger partial charge is 0.267 e. The highest BCUT2D eigenvalue weighted by Crippen LogP contribution is 2.44. The summed E-state index contributed by atoms with van der Waals surface area (Å²) in [6, 6.07) is 0. The second-order valence-corrected chi connectivity index (χ2v) is 6.27. The van der Waals surface area contributed by atoms with Crippen molar-refractivity contribution >= 4 is 10.1 Å². The lowest BCUT2D eigenvalue weighted by molar-refractivity contribution is -0.0595. The largest absolute Gasteiger partial charge is 0.273 e. The molecular weight excluding hydrogens is 226 g/mol. The fourth-order valence-corrected chi connectivity index (χ4v) is 3.11. The second kappa shape index (κ2) is 3.97. The van der Waals surface area contributed by atoms with Gasteiger partial charge in [-0.05, 0) is 18.3 Å². The monoisotopic (exact) mass is 242 g/mol. The standard InChI is InChI=1S/C9H16F2O3S/c1-8(7-15(12,13)14-2)3-5-9(10,11)6-4-8/h3-7H2,1-2H3. The van der Waals surface area contributed by atoms with Crippen molar-refractivity contribution in [2.45, 2.75) is 38.5 Å². The molecule has 0 aromatic heterocycles. The van der Waals surface area contributed by atoms with Crippen molar-refractivity contribution in [3.8, 4) is 0 Å². The summed E-state index contributed by atoms with van der Waals surface area (Å²) >= 11 is 0. The minimum Gasteiger partial charge on any atom is -0.273 e. The summed E-state index contributed by atoms with van der Waals surface area (Å²) in [5.41, 5.74) is -0.573. The van der Waals surface area contributed by atoms with Crippen LogP contribution in [0.5, 0.6) is 0 Å². The molecule has 15 heavy (non-hydrogen) atoms. The van der Waals surface area contributed by atoms with E-state index in [9.17, 15) is 17.2 Å². The van der Waals surface area contributed by atoms with Crippen LogP contribution in [0.15, 0.2) is 0 Å². The maximum atomic E-state index is 12.9. The van der Waals surface area contributed by atoms with Gasteiger partial charge in [0.2, 0.25) is 5.92 Å². The predicted octanol–water partition coefficient (Wildman–Crippen LogP) is 2.18. The molecule has 0 unspecified atom stereocenters. The molecule has 0 radical (unpaired) electrons. The normalized spacial score (nSPS) is 25.1. The number of hydrogen-bond donors (Lipinski definition) is 0. The van der Waals surface area contributed by atoms with E-state index >= 15 is 0 Å². The molecule has 1 aliphatic rings. The van der Waals surface area contributed by atoms with Gasteiger partial charge in [-0.3, -0.25) is 4.18 Å². The molecule has 0 aromatic carbocycles. The van der Waals surface area contributed by atoms with Crippen molar-refractivity contribution < 1.29 is 21.4 Å². The van der Waals surface area contributed by atoms with Gasteiger partial charge in [0.05, 0.1) is 12.9 Å². The first-order chi connectivity index (χ1) is 6.68. The second-order valence-electron chi connectivity index (χ2n) is 4.54. The van der Waals surface area contributed by atoms with Gasteiger partial charge >= 0.3 is 0 Å². The van der Waals surface area contributed by atoms with E-state index in [-0.39, 0.29) is 31.4 Å². The van der Waals surface area contributed by atoms with Crippen molar-refractivity contribution in [1.29, 1.82) is 0 Å². The Labute approximate surface area is 88.9 Å². The topological polar surface area (TPSA) is 43.4 Å². The van der Waals surface area contributed by atoms with Gasteiger partial charge in [0.1, 0.15) is 0 Å². The summed E-state index contributed by atoms with van der Waals surface area (Å²) in [6.45, 7) is 1.72. The molecule has 0 heterocycles. The van der Waals surface area contributed by atoms with Crippen LogP contribution >= 0.6 is 0 Å². The molecular formula is C9H16F2O3S. The molecule has 0 N–H and O–H groups in total. The zero-order chi connectivity index (χ0) is 11.7. The number of halogens is 2. The maximum absolute atomic E-state index is 12.9. The first kappa shape index (κ1) is 12.8. The Hall–Kier alpha value is -0.230. The van der Waals surface area contributed by atoms with Gasteiger partial charge in [0, 0.05) is 12.8 Å². The molecule has 1 rings (SSSR count). The summed E-state index contributed by atoms with van der Waals surface area (Å²) in [5.74, 6) is -2.80. The quantitative estimate of drug-likeness (QED) is 0.712. The Kier molecular flexibility index (Phi) is 3.40. The highest BCUT2D eigenvalue weighted by molar-refractivity contribution is 7.86. The predicted molar refractivity (Wildman–Crippen MR) is 52.3 cm³/mol. The Morgan fingerprint density at radius 1 is 1.20 bits per heavy atom. The minimum atomic E-state index is -3.56. The van der Waals surface area contributed by atoms with E-state index in [4.69, 9.17) is 0 Å². The summed E-state index contributed by atoms with van der Waals surface area (Å²) in [6.07, 6.45) is -0.0172. The zero-order valence-corrected chi connectivity index (χ0v) is 9.74. The lowest BCUT2D eigenvalue weighted by Gasteiger charge is -2.36. The highest BCUT2D eigenvalue weighted by atomic mass is 32.2. The van der Waals surface area contributed by atoms with Crippen LogP contribution in [0.4, 0.5) is 8.78 Å². The van der Waals surface area contributed by atoms with Crippen LogP contribution in [0.25, 0.3) is 0 Å². The maximum Gasteiger partial charge on any atom is 0.267 e. The van der Waals surface area contributed by atoms with E-state index in [1.807, 2.05) is 0 Å². The van der Waals surface area contributed by atoms with Gasteiger partial charge in [0.25, 0.3) is 10.1 Å². The Morgan fingerprint density at radius 2 is 1.67 bits per heavy atom. The molecule has 3 nitrogen and oxygen atoms in total. The molecule has 0 amide bonds. The van der Waals surface area contributed by atoms with Crippen LogP contribution in [0.2, 0.25) is 0 Å². The van der Waals surface area contributed by atoms with Crippen LogP contribution < -0.4 is 0 Å². The van der Waals surface area contributed by atoms with E-state index in [2.05, 4.69) is 4.18 Å². The molecule has 90 valence electrons. The average molecular weight is 242 g/mol. The molecule has 0 aliphatic heterocycles. The molecule has 0 saturated heterocycles.